The summed E-state index contributed by atoms with van der Waals surface area (Å²) in [4.78, 5) is 9.05. The Bertz CT molecular complexity index is 1660. The molecule has 10 heteroatoms. The van der Waals surface area contributed by atoms with E-state index in [4.69, 9.17) is 0 Å². The maximum atomic E-state index is 14.5. The molecular formula is C24H19F2N5O2S. The molecular weight excluding hydrogens is 460 g/mol. The van der Waals surface area contributed by atoms with Crippen LogP contribution in [0.5, 0.6) is 0 Å². The lowest BCUT2D eigenvalue weighted by Gasteiger charge is -2.10. The average molecular weight is 480 g/mol. The average Bonchev–Trinajstić information content (AvgIpc) is 3.38. The van der Waals surface area contributed by atoms with Crippen LogP contribution in [0.4, 0.5) is 8.78 Å². The first-order valence-electron chi connectivity index (χ1n) is 10.3. The zero-order valence-corrected chi connectivity index (χ0v) is 19.1. The van der Waals surface area contributed by atoms with Gasteiger partial charge in [-0.25, -0.2) is 27.2 Å². The number of rotatable bonds is 5. The van der Waals surface area contributed by atoms with Crippen molar-refractivity contribution in [2.24, 2.45) is 7.05 Å². The molecule has 0 bridgehead atoms. The minimum atomic E-state index is -3.37. The van der Waals surface area contributed by atoms with Crippen LogP contribution < -0.4 is 0 Å². The van der Waals surface area contributed by atoms with Crippen LogP contribution in [0.15, 0.2) is 67.3 Å². The van der Waals surface area contributed by atoms with Crippen LogP contribution in [0, 0.1) is 11.6 Å². The van der Waals surface area contributed by atoms with Crippen molar-refractivity contribution in [2.45, 2.75) is 5.75 Å². The van der Waals surface area contributed by atoms with Crippen molar-refractivity contribution in [2.75, 3.05) is 6.26 Å². The molecule has 0 aliphatic heterocycles. The molecule has 4 aromatic heterocycles. The second kappa shape index (κ2) is 8.14. The van der Waals surface area contributed by atoms with E-state index in [1.165, 1.54) is 12.1 Å². The Labute approximate surface area is 194 Å². The number of pyridine rings is 2. The summed E-state index contributed by atoms with van der Waals surface area (Å²) in [6.45, 7) is 0. The molecule has 0 aliphatic carbocycles. The largest absolute Gasteiger partial charge is 0.298 e. The summed E-state index contributed by atoms with van der Waals surface area (Å²) in [6.07, 6.45) is 8.24. The van der Waals surface area contributed by atoms with Gasteiger partial charge in [0.15, 0.2) is 9.84 Å². The van der Waals surface area contributed by atoms with Crippen molar-refractivity contribution >= 4 is 15.5 Å². The number of hydrogen-bond acceptors (Lipinski definition) is 5. The van der Waals surface area contributed by atoms with Gasteiger partial charge in [-0.1, -0.05) is 0 Å². The van der Waals surface area contributed by atoms with Gasteiger partial charge in [0.05, 0.1) is 35.2 Å². The van der Waals surface area contributed by atoms with Crippen LogP contribution >= 0.6 is 0 Å². The minimum Gasteiger partial charge on any atom is -0.298 e. The number of imidazole rings is 1. The SMILES string of the molecule is Cn1cc(-c2ccn3c(-c4cc(CS(C)(=O)=O)cc(-c5ccc(F)cc5F)n4)cnc3c2)cn1. The molecule has 0 atom stereocenters. The maximum absolute atomic E-state index is 14.5. The Morgan fingerprint density at radius 2 is 1.76 bits per heavy atom. The summed E-state index contributed by atoms with van der Waals surface area (Å²) in [5, 5.41) is 4.19. The number of nitrogens with zero attached hydrogens (tertiary/aromatic N) is 5. The normalized spacial score (nSPS) is 11.9. The van der Waals surface area contributed by atoms with E-state index < -0.39 is 21.5 Å². The molecule has 0 unspecified atom stereocenters. The molecule has 0 amide bonds. The lowest BCUT2D eigenvalue weighted by molar-refractivity contribution is 0.585. The third-order valence-electron chi connectivity index (χ3n) is 5.33. The molecule has 5 rings (SSSR count). The monoisotopic (exact) mass is 479 g/mol. The molecule has 0 spiro atoms. The Balaban J connectivity index is 1.65. The third-order valence-corrected chi connectivity index (χ3v) is 6.19. The summed E-state index contributed by atoms with van der Waals surface area (Å²) >= 11 is 0. The molecule has 4 heterocycles. The molecule has 0 radical (unpaired) electrons. The highest BCUT2D eigenvalue weighted by molar-refractivity contribution is 7.89. The Morgan fingerprint density at radius 3 is 2.47 bits per heavy atom. The molecule has 0 saturated carbocycles. The fourth-order valence-electron chi connectivity index (χ4n) is 3.86. The Hall–Kier alpha value is -3.92. The van der Waals surface area contributed by atoms with Gasteiger partial charge in [0.2, 0.25) is 0 Å². The summed E-state index contributed by atoms with van der Waals surface area (Å²) in [7, 11) is -1.53. The van der Waals surface area contributed by atoms with Gasteiger partial charge in [0.25, 0.3) is 0 Å². The first kappa shape index (κ1) is 21.9. The third kappa shape index (κ3) is 4.32. The lowest BCUT2D eigenvalue weighted by atomic mass is 10.1. The number of fused-ring (bicyclic) bond motifs is 1. The summed E-state index contributed by atoms with van der Waals surface area (Å²) in [5.74, 6) is -1.74. The van der Waals surface area contributed by atoms with Gasteiger partial charge in [-0.3, -0.25) is 9.08 Å². The van der Waals surface area contributed by atoms with Crippen molar-refractivity contribution < 1.29 is 17.2 Å². The summed E-state index contributed by atoms with van der Waals surface area (Å²) < 4.78 is 55.4. The minimum absolute atomic E-state index is 0.0747. The van der Waals surface area contributed by atoms with E-state index in [-0.39, 0.29) is 17.0 Å². The molecule has 34 heavy (non-hydrogen) atoms. The van der Waals surface area contributed by atoms with Gasteiger partial charge in [-0.05, 0) is 47.5 Å². The van der Waals surface area contributed by atoms with Gasteiger partial charge in [-0.15, -0.1) is 0 Å². The second-order valence-corrected chi connectivity index (χ2v) is 10.3. The van der Waals surface area contributed by atoms with E-state index in [1.807, 2.05) is 36.0 Å². The van der Waals surface area contributed by atoms with Gasteiger partial charge < -0.3 is 0 Å². The summed E-state index contributed by atoms with van der Waals surface area (Å²) in [5.41, 5.74) is 4.27. The molecule has 0 fully saturated rings. The van der Waals surface area contributed by atoms with Crippen LogP contribution in [-0.4, -0.2) is 38.8 Å². The topological polar surface area (TPSA) is 82.2 Å². The molecule has 0 aliphatic rings. The van der Waals surface area contributed by atoms with Crippen molar-refractivity contribution in [1.82, 2.24) is 24.1 Å². The van der Waals surface area contributed by atoms with Crippen molar-refractivity contribution in [3.8, 4) is 33.8 Å². The smallest absolute Gasteiger partial charge is 0.151 e. The van der Waals surface area contributed by atoms with Crippen LogP contribution in [0.3, 0.4) is 0 Å². The molecule has 0 N–H and O–H groups in total. The molecule has 7 nitrogen and oxygen atoms in total. The van der Waals surface area contributed by atoms with Gasteiger partial charge in [0, 0.05) is 42.9 Å². The van der Waals surface area contributed by atoms with Crippen LogP contribution in [0.2, 0.25) is 0 Å². The van der Waals surface area contributed by atoms with Gasteiger partial charge in [-0.2, -0.15) is 5.10 Å². The standard InChI is InChI=1S/C24H19F2N5O2S/c1-30-13-17(11-28-30)16-5-6-31-23(12-27-24(31)9-16)22-8-15(14-34(2,32)33)7-21(29-22)19-4-3-18(25)10-20(19)26/h3-13H,14H2,1-2H3. The Kier molecular flexibility index (Phi) is 5.24. The zero-order valence-electron chi connectivity index (χ0n) is 18.3. The first-order valence-corrected chi connectivity index (χ1v) is 12.3. The van der Waals surface area contributed by atoms with Crippen molar-refractivity contribution in [3.63, 3.8) is 0 Å². The van der Waals surface area contributed by atoms with E-state index in [1.54, 1.807) is 23.1 Å². The van der Waals surface area contributed by atoms with E-state index in [0.717, 1.165) is 29.5 Å². The second-order valence-electron chi connectivity index (χ2n) is 8.13. The van der Waals surface area contributed by atoms with E-state index >= 15 is 0 Å². The highest BCUT2D eigenvalue weighted by Gasteiger charge is 2.16. The van der Waals surface area contributed by atoms with Crippen LogP contribution in [0.1, 0.15) is 5.56 Å². The predicted molar refractivity (Wildman–Crippen MR) is 125 cm³/mol. The first-order chi connectivity index (χ1) is 16.2. The van der Waals surface area contributed by atoms with Gasteiger partial charge >= 0.3 is 0 Å². The number of sulfone groups is 1. The highest BCUT2D eigenvalue weighted by Crippen LogP contribution is 2.29. The van der Waals surface area contributed by atoms with Crippen molar-refractivity contribution in [1.29, 1.82) is 0 Å². The maximum Gasteiger partial charge on any atom is 0.151 e. The summed E-state index contributed by atoms with van der Waals surface area (Å²) in [6, 6.07) is 10.2. The van der Waals surface area contributed by atoms with Crippen molar-refractivity contribution in [3.05, 3.63) is 84.4 Å². The number of halogens is 2. The number of aromatic nitrogens is 5. The number of aryl methyl sites for hydroxylation is 1. The molecule has 1 aromatic carbocycles. The number of hydrogen-bond donors (Lipinski definition) is 0. The fraction of sp³-hybridized carbons (Fsp3) is 0.125. The zero-order chi connectivity index (χ0) is 24.0. The van der Waals surface area contributed by atoms with E-state index in [0.29, 0.717) is 22.6 Å². The van der Waals surface area contributed by atoms with Crippen LogP contribution in [-0.2, 0) is 22.6 Å². The quantitative estimate of drug-likeness (QED) is 0.376. The fourth-order valence-corrected chi connectivity index (χ4v) is 4.63. The van der Waals surface area contributed by atoms with E-state index in [9.17, 15) is 17.2 Å². The van der Waals surface area contributed by atoms with E-state index in [2.05, 4.69) is 15.1 Å². The highest BCUT2D eigenvalue weighted by atomic mass is 32.2. The predicted octanol–water partition coefficient (Wildman–Crippen LogP) is 4.29. The number of benzene rings is 1. The molecule has 5 aromatic rings. The van der Waals surface area contributed by atoms with Gasteiger partial charge in [0.1, 0.15) is 17.3 Å². The molecule has 172 valence electrons. The Morgan fingerprint density at radius 1 is 0.971 bits per heavy atom. The molecule has 0 saturated heterocycles. The van der Waals surface area contributed by atoms with Crippen LogP contribution in [0.25, 0.3) is 39.4 Å². The lowest BCUT2D eigenvalue weighted by Crippen LogP contribution is -2.03.